The summed E-state index contributed by atoms with van der Waals surface area (Å²) in [5.41, 5.74) is 11.7. The molecule has 0 fully saturated rings. The van der Waals surface area contributed by atoms with E-state index in [4.69, 9.17) is 0 Å². The zero-order chi connectivity index (χ0) is 29.8. The lowest BCUT2D eigenvalue weighted by Crippen LogP contribution is -2.19. The van der Waals surface area contributed by atoms with Gasteiger partial charge in [0.25, 0.3) is 0 Å². The van der Waals surface area contributed by atoms with Gasteiger partial charge in [-0.25, -0.2) is 0 Å². The molecule has 0 aromatic carbocycles. The van der Waals surface area contributed by atoms with Crippen molar-refractivity contribution in [1.29, 1.82) is 0 Å². The second kappa shape index (κ2) is 15.8. The molecule has 0 aromatic rings. The standard InChI is InChI=1S/C40H56/c1-31(19-13-21-33(3)25-27-37-35(5)23-15-29-39(37,7)8)17-11-12-18-32(2)20-14-22-34(4)26-28-38-36(6)24-16-30-40(38,9)10/h11-14,17-22,25-28H,15-16,23-24,29-30H2,1-10H3/b12-11-,19-13-,20-14-,27-25-,28-26+,31-17+,32-18-,33-21+,34-22-. The Morgan fingerprint density at radius 1 is 0.500 bits per heavy atom. The number of hydrogen-bond donors (Lipinski definition) is 0. The van der Waals surface area contributed by atoms with Gasteiger partial charge in [0.2, 0.25) is 0 Å². The van der Waals surface area contributed by atoms with Crippen molar-refractivity contribution in [3.8, 4) is 0 Å². The predicted molar refractivity (Wildman–Crippen MR) is 181 cm³/mol. The number of allylic oxidation sites excluding steroid dienone is 22. The minimum Gasteiger partial charge on any atom is -0.0696 e. The Kier molecular flexibility index (Phi) is 13.2. The lowest BCUT2D eigenvalue weighted by atomic mass is 9.72. The maximum atomic E-state index is 2.37. The van der Waals surface area contributed by atoms with Gasteiger partial charge in [-0.1, -0.05) is 146 Å². The summed E-state index contributed by atoms with van der Waals surface area (Å²) in [7, 11) is 0. The topological polar surface area (TPSA) is 0 Å². The van der Waals surface area contributed by atoms with E-state index >= 15 is 0 Å². The molecule has 2 aliphatic carbocycles. The molecular weight excluding hydrogens is 480 g/mol. The van der Waals surface area contributed by atoms with Crippen molar-refractivity contribution in [2.75, 3.05) is 0 Å². The molecule has 0 nitrogen and oxygen atoms in total. The highest BCUT2D eigenvalue weighted by atomic mass is 14.3. The number of hydrogen-bond acceptors (Lipinski definition) is 0. The van der Waals surface area contributed by atoms with Gasteiger partial charge in [-0.2, -0.15) is 0 Å². The van der Waals surface area contributed by atoms with E-state index in [-0.39, 0.29) is 0 Å². The predicted octanol–water partition coefficient (Wildman–Crippen LogP) is 12.6. The van der Waals surface area contributed by atoms with E-state index in [1.165, 1.54) is 72.0 Å². The van der Waals surface area contributed by atoms with Gasteiger partial charge in [0.05, 0.1) is 0 Å². The second-order valence-corrected chi connectivity index (χ2v) is 13.3. The van der Waals surface area contributed by atoms with Crippen molar-refractivity contribution in [2.45, 2.75) is 108 Å². The van der Waals surface area contributed by atoms with Crippen molar-refractivity contribution in [2.24, 2.45) is 10.8 Å². The normalized spacial score (nSPS) is 21.9. The largest absolute Gasteiger partial charge is 0.0696 e. The van der Waals surface area contributed by atoms with Crippen molar-refractivity contribution in [1.82, 2.24) is 0 Å². The average Bonchev–Trinajstić information content (AvgIpc) is 2.85. The van der Waals surface area contributed by atoms with Crippen LogP contribution in [-0.4, -0.2) is 0 Å². The molecule has 0 bridgehead atoms. The molecule has 0 aromatic heterocycles. The van der Waals surface area contributed by atoms with Crippen LogP contribution in [0.5, 0.6) is 0 Å². The molecular formula is C40H56. The molecule has 0 heteroatoms. The summed E-state index contributed by atoms with van der Waals surface area (Å²) in [6.45, 7) is 22.7. The van der Waals surface area contributed by atoms with Crippen LogP contribution in [0.3, 0.4) is 0 Å². The van der Waals surface area contributed by atoms with Crippen LogP contribution in [0.4, 0.5) is 0 Å². The van der Waals surface area contributed by atoms with Crippen LogP contribution in [0.25, 0.3) is 0 Å². The Morgan fingerprint density at radius 2 is 0.825 bits per heavy atom. The maximum absolute atomic E-state index is 2.37. The van der Waals surface area contributed by atoms with Crippen LogP contribution in [0.1, 0.15) is 108 Å². The van der Waals surface area contributed by atoms with Crippen molar-refractivity contribution < 1.29 is 0 Å². The van der Waals surface area contributed by atoms with Crippen molar-refractivity contribution in [3.63, 3.8) is 0 Å². The average molecular weight is 537 g/mol. The van der Waals surface area contributed by atoms with Gasteiger partial charge in [0.1, 0.15) is 0 Å². The molecule has 0 aliphatic heterocycles. The summed E-state index contributed by atoms with van der Waals surface area (Å²) in [5.74, 6) is 0. The van der Waals surface area contributed by atoms with Gasteiger partial charge in [-0.3, -0.25) is 0 Å². The molecule has 2 aliphatic rings. The Morgan fingerprint density at radius 3 is 1.18 bits per heavy atom. The molecule has 0 saturated carbocycles. The van der Waals surface area contributed by atoms with Gasteiger partial charge >= 0.3 is 0 Å². The molecule has 0 N–H and O–H groups in total. The molecule has 0 heterocycles. The van der Waals surface area contributed by atoms with Gasteiger partial charge in [-0.05, 0) is 102 Å². The molecule has 0 amide bonds. The first-order chi connectivity index (χ1) is 18.8. The Balaban J connectivity index is 1.89. The summed E-state index contributed by atoms with van der Waals surface area (Å²) in [6, 6.07) is 0. The molecule has 0 atom stereocenters. The van der Waals surface area contributed by atoms with Crippen LogP contribution in [-0.2, 0) is 0 Å². The lowest BCUT2D eigenvalue weighted by Gasteiger charge is -2.33. The smallest absolute Gasteiger partial charge is 0.0104 e. The fraction of sp³-hybridized carbons (Fsp3) is 0.450. The molecule has 0 spiro atoms. The van der Waals surface area contributed by atoms with Gasteiger partial charge in [0, 0.05) is 0 Å². The highest BCUT2D eigenvalue weighted by Gasteiger charge is 2.27. The Labute approximate surface area is 247 Å². The highest BCUT2D eigenvalue weighted by molar-refractivity contribution is 5.39. The van der Waals surface area contributed by atoms with E-state index in [0.29, 0.717) is 10.8 Å². The Bertz CT molecular complexity index is 1120. The molecule has 0 unspecified atom stereocenters. The van der Waals surface area contributed by atoms with Gasteiger partial charge < -0.3 is 0 Å². The Hall–Kier alpha value is -2.86. The third-order valence-electron chi connectivity index (χ3n) is 8.38. The monoisotopic (exact) mass is 536 g/mol. The molecule has 2 rings (SSSR count). The van der Waals surface area contributed by atoms with E-state index in [0.717, 1.165) is 0 Å². The van der Waals surface area contributed by atoms with Crippen LogP contribution in [0.15, 0.2) is 130 Å². The van der Waals surface area contributed by atoms with E-state index in [1.54, 1.807) is 11.1 Å². The lowest BCUT2D eigenvalue weighted by molar-refractivity contribution is 0.376. The van der Waals surface area contributed by atoms with E-state index in [2.05, 4.69) is 154 Å². The van der Waals surface area contributed by atoms with Crippen LogP contribution in [0.2, 0.25) is 0 Å². The first kappa shape index (κ1) is 33.3. The van der Waals surface area contributed by atoms with Crippen LogP contribution in [0, 0.1) is 10.8 Å². The summed E-state index contributed by atoms with van der Waals surface area (Å²) >= 11 is 0. The fourth-order valence-electron chi connectivity index (χ4n) is 5.79. The van der Waals surface area contributed by atoms with E-state index in [9.17, 15) is 0 Å². The van der Waals surface area contributed by atoms with Crippen molar-refractivity contribution >= 4 is 0 Å². The first-order valence-electron chi connectivity index (χ1n) is 15.3. The second-order valence-electron chi connectivity index (χ2n) is 13.3. The fourth-order valence-corrected chi connectivity index (χ4v) is 5.79. The van der Waals surface area contributed by atoms with Crippen molar-refractivity contribution in [3.05, 3.63) is 130 Å². The minimum atomic E-state index is 0.291. The third kappa shape index (κ3) is 11.3. The van der Waals surface area contributed by atoms with E-state index in [1.807, 2.05) is 0 Å². The zero-order valence-corrected chi connectivity index (χ0v) is 27.3. The minimum absolute atomic E-state index is 0.291. The van der Waals surface area contributed by atoms with Gasteiger partial charge in [0.15, 0.2) is 0 Å². The van der Waals surface area contributed by atoms with Gasteiger partial charge in [-0.15, -0.1) is 0 Å². The summed E-state index contributed by atoms with van der Waals surface area (Å²) in [5, 5.41) is 0. The zero-order valence-electron chi connectivity index (χ0n) is 27.3. The number of rotatable bonds is 10. The third-order valence-corrected chi connectivity index (χ3v) is 8.38. The molecule has 0 radical (unpaired) electrons. The molecule has 216 valence electrons. The summed E-state index contributed by atoms with van der Waals surface area (Å²) in [6.07, 6.45) is 38.4. The van der Waals surface area contributed by atoms with Crippen LogP contribution < -0.4 is 0 Å². The summed E-state index contributed by atoms with van der Waals surface area (Å²) in [4.78, 5) is 0. The first-order valence-corrected chi connectivity index (χ1v) is 15.3. The van der Waals surface area contributed by atoms with Crippen LogP contribution >= 0.6 is 0 Å². The maximum Gasteiger partial charge on any atom is -0.0104 e. The molecule has 40 heavy (non-hydrogen) atoms. The summed E-state index contributed by atoms with van der Waals surface area (Å²) < 4.78 is 0. The highest BCUT2D eigenvalue weighted by Crippen LogP contribution is 2.41. The SMILES string of the molecule is CC1=C(\C=C/C(C)=C/C=C\C(C)=C\C=C/C=C(C)\C=C/C=C(C)\C=C\C2=C(C)CCCC2(C)C)C(C)(C)CCC1. The quantitative estimate of drug-likeness (QED) is 0.244. The molecule has 0 saturated heterocycles. The van der Waals surface area contributed by atoms with E-state index < -0.39 is 0 Å².